The van der Waals surface area contributed by atoms with Crippen molar-refractivity contribution >= 4 is 0 Å². The number of aliphatic hydroxyl groups excluding tert-OH is 1. The number of rotatable bonds is 6. The van der Waals surface area contributed by atoms with Crippen molar-refractivity contribution in [1.82, 2.24) is 5.32 Å². The number of ether oxygens (including phenoxy) is 1. The summed E-state index contributed by atoms with van der Waals surface area (Å²) in [7, 11) is 1.70. The van der Waals surface area contributed by atoms with Crippen LogP contribution in [0.5, 0.6) is 0 Å². The Hall–Kier alpha value is -0.900. The topological polar surface area (TPSA) is 41.5 Å². The maximum atomic E-state index is 9.63. The Bertz CT molecular complexity index is 361. The number of nitrogens with one attached hydrogen (secondary N) is 1. The Kier molecular flexibility index (Phi) is 5.17. The standard InChI is InChI=1S/C15H23NO2/c1-18-11-12-6-2-5-9-14(12)15(10-17)16-13-7-3-4-8-13/h2,5-6,9,13,15-17H,3-4,7-8,10-11H2,1H3. The lowest BCUT2D eigenvalue weighted by atomic mass is 10.00. The molecule has 2 N–H and O–H groups in total. The van der Waals surface area contributed by atoms with Gasteiger partial charge in [-0.2, -0.15) is 0 Å². The summed E-state index contributed by atoms with van der Waals surface area (Å²) < 4.78 is 5.22. The summed E-state index contributed by atoms with van der Waals surface area (Å²) in [6.45, 7) is 0.732. The zero-order chi connectivity index (χ0) is 12.8. The van der Waals surface area contributed by atoms with E-state index in [9.17, 15) is 5.11 Å². The van der Waals surface area contributed by atoms with Gasteiger partial charge in [0.05, 0.1) is 19.3 Å². The Morgan fingerprint density at radius 3 is 2.72 bits per heavy atom. The molecule has 0 aliphatic heterocycles. The number of benzene rings is 1. The summed E-state index contributed by atoms with van der Waals surface area (Å²) in [4.78, 5) is 0. The third kappa shape index (κ3) is 3.31. The van der Waals surface area contributed by atoms with Crippen molar-refractivity contribution in [1.29, 1.82) is 0 Å². The molecule has 1 fully saturated rings. The van der Waals surface area contributed by atoms with E-state index in [1.54, 1.807) is 7.11 Å². The first-order valence-electron chi connectivity index (χ1n) is 6.78. The zero-order valence-corrected chi connectivity index (χ0v) is 11.1. The van der Waals surface area contributed by atoms with E-state index in [-0.39, 0.29) is 12.6 Å². The Balaban J connectivity index is 2.10. The monoisotopic (exact) mass is 249 g/mol. The van der Waals surface area contributed by atoms with Gasteiger partial charge in [-0.1, -0.05) is 37.1 Å². The van der Waals surface area contributed by atoms with Crippen molar-refractivity contribution in [2.24, 2.45) is 0 Å². The first-order valence-corrected chi connectivity index (χ1v) is 6.78. The zero-order valence-electron chi connectivity index (χ0n) is 11.1. The van der Waals surface area contributed by atoms with Crippen LogP contribution in [-0.2, 0) is 11.3 Å². The van der Waals surface area contributed by atoms with E-state index >= 15 is 0 Å². The normalized spacial score (nSPS) is 18.1. The van der Waals surface area contributed by atoms with Crippen molar-refractivity contribution in [3.63, 3.8) is 0 Å². The average molecular weight is 249 g/mol. The van der Waals surface area contributed by atoms with E-state index in [0.717, 1.165) is 11.1 Å². The van der Waals surface area contributed by atoms with Crippen LogP contribution < -0.4 is 5.32 Å². The van der Waals surface area contributed by atoms with Crippen LogP contribution >= 0.6 is 0 Å². The number of hydrogen-bond acceptors (Lipinski definition) is 3. The molecule has 1 saturated carbocycles. The quantitative estimate of drug-likeness (QED) is 0.813. The molecule has 0 radical (unpaired) electrons. The maximum Gasteiger partial charge on any atom is 0.0716 e. The van der Waals surface area contributed by atoms with Gasteiger partial charge in [-0.25, -0.2) is 0 Å². The molecule has 0 heterocycles. The van der Waals surface area contributed by atoms with Crippen LogP contribution in [-0.4, -0.2) is 24.9 Å². The van der Waals surface area contributed by atoms with E-state index in [0.29, 0.717) is 12.6 Å². The maximum absolute atomic E-state index is 9.63. The summed E-state index contributed by atoms with van der Waals surface area (Å²) in [6, 6.07) is 8.77. The Labute approximate surface area is 109 Å². The van der Waals surface area contributed by atoms with E-state index in [4.69, 9.17) is 4.74 Å². The van der Waals surface area contributed by atoms with Crippen molar-refractivity contribution in [2.45, 2.75) is 44.4 Å². The summed E-state index contributed by atoms with van der Waals surface area (Å²) in [5, 5.41) is 13.2. The molecule has 0 spiro atoms. The number of methoxy groups -OCH3 is 1. The van der Waals surface area contributed by atoms with E-state index in [1.807, 2.05) is 12.1 Å². The first-order chi connectivity index (χ1) is 8.85. The van der Waals surface area contributed by atoms with Gasteiger partial charge in [0.1, 0.15) is 0 Å². The molecule has 1 atom stereocenters. The molecule has 1 unspecified atom stereocenters. The highest BCUT2D eigenvalue weighted by Crippen LogP contribution is 2.24. The molecule has 3 heteroatoms. The minimum absolute atomic E-state index is 0.0273. The van der Waals surface area contributed by atoms with Crippen molar-refractivity contribution < 1.29 is 9.84 Å². The summed E-state index contributed by atoms with van der Waals surface area (Å²) in [5.41, 5.74) is 2.32. The van der Waals surface area contributed by atoms with Gasteiger partial charge < -0.3 is 15.2 Å². The second kappa shape index (κ2) is 6.88. The van der Waals surface area contributed by atoms with Crippen LogP contribution in [0.1, 0.15) is 42.9 Å². The molecule has 1 aliphatic rings. The SMILES string of the molecule is COCc1ccccc1C(CO)NC1CCCC1. The molecule has 1 aromatic rings. The molecule has 100 valence electrons. The fourth-order valence-corrected chi connectivity index (χ4v) is 2.78. The van der Waals surface area contributed by atoms with Gasteiger partial charge in [0.25, 0.3) is 0 Å². The predicted molar refractivity (Wildman–Crippen MR) is 72.4 cm³/mol. The van der Waals surface area contributed by atoms with Gasteiger partial charge in [-0.15, -0.1) is 0 Å². The van der Waals surface area contributed by atoms with Gasteiger partial charge in [-0.05, 0) is 24.0 Å². The highest BCUT2D eigenvalue weighted by atomic mass is 16.5. The minimum atomic E-state index is 0.0273. The molecule has 3 nitrogen and oxygen atoms in total. The highest BCUT2D eigenvalue weighted by molar-refractivity contribution is 5.29. The lowest BCUT2D eigenvalue weighted by molar-refractivity contribution is 0.180. The molecule has 0 saturated heterocycles. The molecular formula is C15H23NO2. The molecule has 2 rings (SSSR count). The molecule has 18 heavy (non-hydrogen) atoms. The van der Waals surface area contributed by atoms with Crippen LogP contribution in [0.25, 0.3) is 0 Å². The average Bonchev–Trinajstić information content (AvgIpc) is 2.90. The smallest absolute Gasteiger partial charge is 0.0716 e. The molecule has 1 aliphatic carbocycles. The fraction of sp³-hybridized carbons (Fsp3) is 0.600. The fourth-order valence-electron chi connectivity index (χ4n) is 2.78. The second-order valence-corrected chi connectivity index (χ2v) is 5.02. The van der Waals surface area contributed by atoms with Gasteiger partial charge in [0.2, 0.25) is 0 Å². The molecule has 1 aromatic carbocycles. The van der Waals surface area contributed by atoms with Crippen LogP contribution in [0.4, 0.5) is 0 Å². The van der Waals surface area contributed by atoms with Crippen molar-refractivity contribution in [2.75, 3.05) is 13.7 Å². The van der Waals surface area contributed by atoms with Gasteiger partial charge in [-0.3, -0.25) is 0 Å². The van der Waals surface area contributed by atoms with E-state index in [2.05, 4.69) is 17.4 Å². The van der Waals surface area contributed by atoms with Crippen LogP contribution in [0, 0.1) is 0 Å². The van der Waals surface area contributed by atoms with Crippen LogP contribution in [0.2, 0.25) is 0 Å². The summed E-state index contributed by atoms with van der Waals surface area (Å²) in [5.74, 6) is 0. The molecule has 0 aromatic heterocycles. The molecular weight excluding hydrogens is 226 g/mol. The highest BCUT2D eigenvalue weighted by Gasteiger charge is 2.21. The number of hydrogen-bond donors (Lipinski definition) is 2. The Morgan fingerprint density at radius 1 is 1.33 bits per heavy atom. The Morgan fingerprint density at radius 2 is 2.06 bits per heavy atom. The van der Waals surface area contributed by atoms with Crippen LogP contribution in [0.15, 0.2) is 24.3 Å². The molecule has 0 amide bonds. The van der Waals surface area contributed by atoms with E-state index < -0.39 is 0 Å². The number of aliphatic hydroxyl groups is 1. The van der Waals surface area contributed by atoms with Gasteiger partial charge in [0, 0.05) is 13.2 Å². The van der Waals surface area contributed by atoms with Gasteiger partial charge >= 0.3 is 0 Å². The summed E-state index contributed by atoms with van der Waals surface area (Å²) >= 11 is 0. The minimum Gasteiger partial charge on any atom is -0.394 e. The lowest BCUT2D eigenvalue weighted by Crippen LogP contribution is -2.33. The van der Waals surface area contributed by atoms with Crippen LogP contribution in [0.3, 0.4) is 0 Å². The third-order valence-corrected chi connectivity index (χ3v) is 3.70. The van der Waals surface area contributed by atoms with Gasteiger partial charge in [0.15, 0.2) is 0 Å². The largest absolute Gasteiger partial charge is 0.394 e. The first kappa shape index (κ1) is 13.5. The lowest BCUT2D eigenvalue weighted by Gasteiger charge is -2.23. The van der Waals surface area contributed by atoms with Crippen molar-refractivity contribution in [3.05, 3.63) is 35.4 Å². The summed E-state index contributed by atoms with van der Waals surface area (Å²) in [6.07, 6.45) is 5.05. The molecule has 0 bridgehead atoms. The third-order valence-electron chi connectivity index (χ3n) is 3.70. The van der Waals surface area contributed by atoms with E-state index in [1.165, 1.54) is 25.7 Å². The second-order valence-electron chi connectivity index (χ2n) is 5.02. The predicted octanol–water partition coefficient (Wildman–Crippen LogP) is 2.40. The van der Waals surface area contributed by atoms with Crippen molar-refractivity contribution in [3.8, 4) is 0 Å².